The zero-order valence-corrected chi connectivity index (χ0v) is 12.4. The summed E-state index contributed by atoms with van der Waals surface area (Å²) >= 11 is 0. The summed E-state index contributed by atoms with van der Waals surface area (Å²) in [4.78, 5) is 0. The van der Waals surface area contributed by atoms with E-state index < -0.39 is 11.0 Å². The van der Waals surface area contributed by atoms with Gasteiger partial charge < -0.3 is 15.3 Å². The molecule has 22 heavy (non-hydrogen) atoms. The van der Waals surface area contributed by atoms with Gasteiger partial charge in [0.1, 0.15) is 17.1 Å². The molecule has 0 heterocycles. The van der Waals surface area contributed by atoms with E-state index in [9.17, 15) is 15.3 Å². The van der Waals surface area contributed by atoms with Gasteiger partial charge in [-0.15, -0.1) is 0 Å². The van der Waals surface area contributed by atoms with Crippen LogP contribution in [0, 0.1) is 5.41 Å². The highest BCUT2D eigenvalue weighted by molar-refractivity contribution is 5.67. The molecule has 2 aliphatic rings. The normalized spacial score (nSPS) is 28.1. The van der Waals surface area contributed by atoms with Gasteiger partial charge in [-0.1, -0.05) is 31.2 Å². The van der Waals surface area contributed by atoms with E-state index in [1.54, 1.807) is 24.3 Å². The highest BCUT2D eigenvalue weighted by Gasteiger charge is 2.54. The van der Waals surface area contributed by atoms with Crippen LogP contribution >= 0.6 is 0 Å². The molecule has 1 spiro atoms. The second-order valence-electron chi connectivity index (χ2n) is 6.37. The maximum absolute atomic E-state index is 11.4. The van der Waals surface area contributed by atoms with E-state index in [-0.39, 0.29) is 11.5 Å². The van der Waals surface area contributed by atoms with Crippen molar-refractivity contribution in [3.63, 3.8) is 0 Å². The first-order chi connectivity index (χ1) is 10.5. The molecular formula is C19H18O3. The third-order valence-corrected chi connectivity index (χ3v) is 5.20. The summed E-state index contributed by atoms with van der Waals surface area (Å²) in [5.74, 6) is 0.407. The molecule has 2 aliphatic carbocycles. The molecule has 0 aliphatic heterocycles. The predicted molar refractivity (Wildman–Crippen MR) is 84.7 cm³/mol. The minimum Gasteiger partial charge on any atom is -0.508 e. The first kappa shape index (κ1) is 13.4. The van der Waals surface area contributed by atoms with Crippen LogP contribution in [0.4, 0.5) is 0 Å². The molecule has 112 valence electrons. The van der Waals surface area contributed by atoms with Crippen LogP contribution < -0.4 is 10.4 Å². The quantitative estimate of drug-likeness (QED) is 0.747. The lowest BCUT2D eigenvalue weighted by Gasteiger charge is -2.37. The Balaban J connectivity index is 1.99. The average molecular weight is 294 g/mol. The SMILES string of the molecule is CCC1(O)c2cc(O)ccc2CC12C=c1ccc(O)cc1=C2. The molecule has 2 aromatic carbocycles. The molecule has 3 nitrogen and oxygen atoms in total. The van der Waals surface area contributed by atoms with E-state index >= 15 is 0 Å². The van der Waals surface area contributed by atoms with E-state index in [1.165, 1.54) is 0 Å². The zero-order chi connectivity index (χ0) is 15.5. The number of phenols is 2. The Labute approximate surface area is 128 Å². The van der Waals surface area contributed by atoms with Gasteiger partial charge in [-0.2, -0.15) is 0 Å². The molecule has 2 aromatic rings. The molecule has 0 aromatic heterocycles. The van der Waals surface area contributed by atoms with Gasteiger partial charge in [-0.3, -0.25) is 0 Å². The summed E-state index contributed by atoms with van der Waals surface area (Å²) in [5.41, 5.74) is 0.301. The van der Waals surface area contributed by atoms with Crippen molar-refractivity contribution in [3.05, 3.63) is 58.0 Å². The summed E-state index contributed by atoms with van der Waals surface area (Å²) in [6.07, 6.45) is 5.41. The van der Waals surface area contributed by atoms with Crippen molar-refractivity contribution in [1.29, 1.82) is 0 Å². The first-order valence-electron chi connectivity index (χ1n) is 7.57. The molecule has 2 unspecified atom stereocenters. The van der Waals surface area contributed by atoms with Crippen LogP contribution in [0.5, 0.6) is 11.5 Å². The molecule has 3 N–H and O–H groups in total. The van der Waals surface area contributed by atoms with E-state index in [0.717, 1.165) is 21.6 Å². The van der Waals surface area contributed by atoms with Crippen LogP contribution in [0.3, 0.4) is 0 Å². The molecule has 0 saturated carbocycles. The third kappa shape index (κ3) is 1.54. The Kier molecular flexibility index (Phi) is 2.52. The van der Waals surface area contributed by atoms with E-state index in [4.69, 9.17) is 0 Å². The highest BCUT2D eigenvalue weighted by atomic mass is 16.3. The Morgan fingerprint density at radius 1 is 0.955 bits per heavy atom. The van der Waals surface area contributed by atoms with Gasteiger partial charge in [0, 0.05) is 5.41 Å². The first-order valence-corrected chi connectivity index (χ1v) is 7.57. The minimum absolute atomic E-state index is 0.177. The second-order valence-corrected chi connectivity index (χ2v) is 6.37. The fourth-order valence-corrected chi connectivity index (χ4v) is 4.09. The Morgan fingerprint density at radius 3 is 2.41 bits per heavy atom. The van der Waals surface area contributed by atoms with Crippen molar-refractivity contribution in [3.8, 4) is 11.5 Å². The van der Waals surface area contributed by atoms with Crippen LogP contribution in [-0.4, -0.2) is 15.3 Å². The number of hydrogen-bond acceptors (Lipinski definition) is 3. The molecule has 0 amide bonds. The van der Waals surface area contributed by atoms with Crippen molar-refractivity contribution >= 4 is 12.2 Å². The summed E-state index contributed by atoms with van der Waals surface area (Å²) in [7, 11) is 0. The Hall–Kier alpha value is -2.26. The molecule has 4 rings (SSSR count). The maximum atomic E-state index is 11.4. The lowest BCUT2D eigenvalue weighted by Crippen LogP contribution is -2.38. The summed E-state index contributed by atoms with van der Waals surface area (Å²) in [6.45, 7) is 1.96. The van der Waals surface area contributed by atoms with Gasteiger partial charge >= 0.3 is 0 Å². The number of rotatable bonds is 1. The molecule has 0 radical (unpaired) electrons. The molecule has 3 heteroatoms. The van der Waals surface area contributed by atoms with Crippen molar-refractivity contribution in [2.45, 2.75) is 25.4 Å². The van der Waals surface area contributed by atoms with Crippen LogP contribution in [0.25, 0.3) is 12.2 Å². The number of hydrogen-bond donors (Lipinski definition) is 3. The smallest absolute Gasteiger partial charge is 0.116 e. The highest BCUT2D eigenvalue weighted by Crippen LogP contribution is 2.55. The number of phenolic OH excluding ortho intramolecular Hbond substituents is 2. The fraction of sp³-hybridized carbons (Fsp3) is 0.263. The lowest BCUT2D eigenvalue weighted by molar-refractivity contribution is -0.0174. The third-order valence-electron chi connectivity index (χ3n) is 5.20. The summed E-state index contributed by atoms with van der Waals surface area (Å²) in [5, 5.41) is 32.9. The van der Waals surface area contributed by atoms with Gasteiger partial charge in [-0.25, -0.2) is 0 Å². The molecule has 2 atom stereocenters. The van der Waals surface area contributed by atoms with Crippen LogP contribution in [0.15, 0.2) is 36.4 Å². The molecular weight excluding hydrogens is 276 g/mol. The van der Waals surface area contributed by atoms with Crippen molar-refractivity contribution in [2.75, 3.05) is 0 Å². The van der Waals surface area contributed by atoms with Crippen molar-refractivity contribution in [1.82, 2.24) is 0 Å². The van der Waals surface area contributed by atoms with E-state index in [1.807, 2.05) is 19.1 Å². The second kappa shape index (κ2) is 4.14. The van der Waals surface area contributed by atoms with Crippen molar-refractivity contribution < 1.29 is 15.3 Å². The largest absolute Gasteiger partial charge is 0.508 e. The lowest BCUT2D eigenvalue weighted by atomic mass is 9.71. The van der Waals surface area contributed by atoms with Crippen molar-refractivity contribution in [2.24, 2.45) is 5.41 Å². The Morgan fingerprint density at radius 2 is 1.64 bits per heavy atom. The predicted octanol–water partition coefficient (Wildman–Crippen LogP) is 1.51. The maximum Gasteiger partial charge on any atom is 0.116 e. The van der Waals surface area contributed by atoms with Gasteiger partial charge in [0.2, 0.25) is 0 Å². The average Bonchev–Trinajstić information content (AvgIpc) is 2.96. The van der Waals surface area contributed by atoms with Gasteiger partial charge in [0.05, 0.1) is 0 Å². The summed E-state index contributed by atoms with van der Waals surface area (Å²) in [6, 6.07) is 10.5. The van der Waals surface area contributed by atoms with E-state index in [2.05, 4.69) is 12.2 Å². The number of aliphatic hydroxyl groups is 1. The van der Waals surface area contributed by atoms with Crippen LogP contribution in [-0.2, 0) is 12.0 Å². The molecule has 0 bridgehead atoms. The standard InChI is InChI=1S/C19H18O3/c1-2-19(22)17-8-16(21)6-4-13(17)10-18(19)9-12-3-5-15(20)7-14(12)11-18/h3-9,11,20-22H,2,10H2,1H3. The van der Waals surface area contributed by atoms with Gasteiger partial charge in [0.25, 0.3) is 0 Å². The topological polar surface area (TPSA) is 60.7 Å². The van der Waals surface area contributed by atoms with Gasteiger partial charge in [0.15, 0.2) is 0 Å². The molecule has 0 saturated heterocycles. The fourth-order valence-electron chi connectivity index (χ4n) is 4.09. The van der Waals surface area contributed by atoms with Crippen LogP contribution in [0.2, 0.25) is 0 Å². The summed E-state index contributed by atoms with van der Waals surface area (Å²) < 4.78 is 0. The number of aromatic hydroxyl groups is 2. The number of fused-ring (bicyclic) bond motifs is 2. The number of benzene rings is 2. The monoisotopic (exact) mass is 294 g/mol. The zero-order valence-electron chi connectivity index (χ0n) is 12.4. The molecule has 0 fully saturated rings. The van der Waals surface area contributed by atoms with Gasteiger partial charge in [-0.05, 0) is 58.7 Å². The van der Waals surface area contributed by atoms with E-state index in [0.29, 0.717) is 12.8 Å². The van der Waals surface area contributed by atoms with Crippen LogP contribution in [0.1, 0.15) is 24.5 Å². The Bertz CT molecular complexity index is 899. The minimum atomic E-state index is -1.05.